The minimum atomic E-state index is -1.15. The highest BCUT2D eigenvalue weighted by molar-refractivity contribution is 7.28. The summed E-state index contributed by atoms with van der Waals surface area (Å²) in [6.45, 7) is 4.14. The minimum absolute atomic E-state index is 0.0595. The van der Waals surface area contributed by atoms with Gasteiger partial charge in [-0.25, -0.2) is 4.39 Å². The van der Waals surface area contributed by atoms with E-state index in [1.54, 1.807) is 12.1 Å². The molecule has 5 N–H and O–H groups in total. The topological polar surface area (TPSA) is 126 Å². The van der Waals surface area contributed by atoms with Crippen molar-refractivity contribution in [2.45, 2.75) is 57.8 Å². The van der Waals surface area contributed by atoms with Crippen LogP contribution in [0.2, 0.25) is 0 Å². The number of amides is 1. The average molecular weight is 438 g/mol. The fraction of sp³-hybridized carbons (Fsp3) is 0.429. The predicted octanol–water partition coefficient (Wildman–Crippen LogP) is 1.99. The standard InChI is InChI=1S/C21H28FN2O5P/c1-11(2)18-17(21(23)29)20(30)19(12-3-5-13(22)6-4-12)24(18)8-7-14(25)9-15(26)10-16(27)28/h3-6,11,14-15,25-26H,7-10,30H2,1-2H3,(H2,23,29)(H,27,28)/t14-,15-/m1/s1. The van der Waals surface area contributed by atoms with Gasteiger partial charge in [0, 0.05) is 17.5 Å². The Balaban J connectivity index is 2.43. The van der Waals surface area contributed by atoms with Crippen LogP contribution in [0.15, 0.2) is 24.3 Å². The lowest BCUT2D eigenvalue weighted by Crippen LogP contribution is -2.22. The normalized spacial score (nSPS) is 13.4. The van der Waals surface area contributed by atoms with Crippen molar-refractivity contribution in [1.82, 2.24) is 4.57 Å². The monoisotopic (exact) mass is 438 g/mol. The smallest absolute Gasteiger partial charge is 0.305 e. The largest absolute Gasteiger partial charge is 0.481 e. The van der Waals surface area contributed by atoms with Crippen molar-refractivity contribution in [1.29, 1.82) is 0 Å². The van der Waals surface area contributed by atoms with Gasteiger partial charge >= 0.3 is 5.97 Å². The summed E-state index contributed by atoms with van der Waals surface area (Å²) in [5.74, 6) is -2.16. The number of aromatic nitrogens is 1. The Bertz CT molecular complexity index is 911. The molecule has 0 saturated heterocycles. The fourth-order valence-electron chi connectivity index (χ4n) is 3.66. The lowest BCUT2D eigenvalue weighted by molar-refractivity contribution is -0.139. The van der Waals surface area contributed by atoms with Gasteiger partial charge in [-0.1, -0.05) is 13.8 Å². The molecule has 1 heterocycles. The molecule has 1 amide bonds. The van der Waals surface area contributed by atoms with E-state index in [1.165, 1.54) is 12.1 Å². The number of halogens is 1. The van der Waals surface area contributed by atoms with E-state index >= 15 is 0 Å². The first-order valence-corrected chi connectivity index (χ1v) is 10.3. The summed E-state index contributed by atoms with van der Waals surface area (Å²) in [5.41, 5.74) is 8.08. The number of nitrogens with zero attached hydrogens (tertiary/aromatic N) is 1. The Morgan fingerprint density at radius 1 is 1.17 bits per heavy atom. The van der Waals surface area contributed by atoms with Gasteiger partial charge in [0.05, 0.1) is 29.9 Å². The second-order valence-corrected chi connectivity index (χ2v) is 8.21. The molecule has 0 aliphatic heterocycles. The van der Waals surface area contributed by atoms with Crippen LogP contribution in [0.4, 0.5) is 4.39 Å². The number of aliphatic hydroxyl groups excluding tert-OH is 2. The fourth-order valence-corrected chi connectivity index (χ4v) is 4.28. The van der Waals surface area contributed by atoms with E-state index in [0.29, 0.717) is 34.4 Å². The molecule has 30 heavy (non-hydrogen) atoms. The van der Waals surface area contributed by atoms with Crippen LogP contribution < -0.4 is 11.0 Å². The van der Waals surface area contributed by atoms with Crippen molar-refractivity contribution in [3.8, 4) is 11.3 Å². The molecule has 0 bridgehead atoms. The van der Waals surface area contributed by atoms with E-state index in [4.69, 9.17) is 10.8 Å². The Morgan fingerprint density at radius 3 is 2.27 bits per heavy atom. The van der Waals surface area contributed by atoms with E-state index < -0.39 is 30.5 Å². The van der Waals surface area contributed by atoms with Gasteiger partial charge in [-0.15, -0.1) is 9.24 Å². The van der Waals surface area contributed by atoms with Crippen LogP contribution in [-0.4, -0.2) is 44.0 Å². The number of aliphatic hydroxyl groups is 2. The van der Waals surface area contributed by atoms with E-state index in [-0.39, 0.29) is 24.6 Å². The number of primary amides is 1. The number of carbonyl (C=O) groups excluding carboxylic acids is 1. The molecule has 0 fully saturated rings. The third-order valence-electron chi connectivity index (χ3n) is 4.89. The Morgan fingerprint density at radius 2 is 1.77 bits per heavy atom. The van der Waals surface area contributed by atoms with Gasteiger partial charge < -0.3 is 25.6 Å². The number of carboxylic acid groups (broad SMARTS) is 1. The highest BCUT2D eigenvalue weighted by atomic mass is 31.0. The molecular formula is C21H28FN2O5P. The zero-order chi connectivity index (χ0) is 22.6. The summed E-state index contributed by atoms with van der Waals surface area (Å²) < 4.78 is 15.3. The number of carboxylic acids is 1. The maximum absolute atomic E-state index is 13.4. The molecule has 2 rings (SSSR count). The Hall–Kier alpha value is -2.28. The van der Waals surface area contributed by atoms with E-state index in [0.717, 1.165) is 0 Å². The molecule has 0 aliphatic rings. The minimum Gasteiger partial charge on any atom is -0.481 e. The molecule has 0 spiro atoms. The molecule has 1 unspecified atom stereocenters. The Labute approximate surface area is 176 Å². The molecule has 0 aliphatic carbocycles. The maximum Gasteiger partial charge on any atom is 0.305 e. The third kappa shape index (κ3) is 5.65. The van der Waals surface area contributed by atoms with E-state index in [2.05, 4.69) is 9.24 Å². The van der Waals surface area contributed by atoms with Gasteiger partial charge in [0.25, 0.3) is 5.91 Å². The van der Waals surface area contributed by atoms with Crippen LogP contribution in [-0.2, 0) is 11.3 Å². The average Bonchev–Trinajstić information content (AvgIpc) is 2.92. The second kappa shape index (κ2) is 10.2. The van der Waals surface area contributed by atoms with Crippen LogP contribution in [0.25, 0.3) is 11.3 Å². The first-order chi connectivity index (χ1) is 14.0. The molecule has 2 aromatic rings. The lowest BCUT2D eigenvalue weighted by Gasteiger charge is -2.20. The van der Waals surface area contributed by atoms with Gasteiger partial charge in [-0.3, -0.25) is 9.59 Å². The zero-order valence-corrected chi connectivity index (χ0v) is 18.2. The van der Waals surface area contributed by atoms with Crippen LogP contribution in [0.3, 0.4) is 0 Å². The third-order valence-corrected chi connectivity index (χ3v) is 5.45. The quantitative estimate of drug-likeness (QED) is 0.422. The number of aliphatic carboxylic acids is 1. The van der Waals surface area contributed by atoms with Gasteiger partial charge in [-0.05, 0) is 48.6 Å². The summed E-state index contributed by atoms with van der Waals surface area (Å²) in [6, 6.07) is 5.87. The number of hydrogen-bond donors (Lipinski definition) is 4. The van der Waals surface area contributed by atoms with Crippen molar-refractivity contribution in [2.75, 3.05) is 0 Å². The van der Waals surface area contributed by atoms with Gasteiger partial charge in [0.2, 0.25) is 0 Å². The summed E-state index contributed by atoms with van der Waals surface area (Å²) >= 11 is 0. The summed E-state index contributed by atoms with van der Waals surface area (Å²) in [7, 11) is 2.53. The highest BCUT2D eigenvalue weighted by Gasteiger charge is 2.27. The first-order valence-electron chi connectivity index (χ1n) is 9.68. The second-order valence-electron chi connectivity index (χ2n) is 7.63. The van der Waals surface area contributed by atoms with Crippen molar-refractivity contribution in [2.24, 2.45) is 5.73 Å². The zero-order valence-electron chi connectivity index (χ0n) is 17.0. The van der Waals surface area contributed by atoms with E-state index in [1.807, 2.05) is 18.4 Å². The lowest BCUT2D eigenvalue weighted by atomic mass is 10.0. The molecule has 0 saturated carbocycles. The van der Waals surface area contributed by atoms with Crippen LogP contribution in [0.5, 0.6) is 0 Å². The number of benzene rings is 1. The Kier molecular flexibility index (Phi) is 8.12. The predicted molar refractivity (Wildman–Crippen MR) is 115 cm³/mol. The first kappa shape index (κ1) is 24.0. The molecule has 1 aromatic heterocycles. The van der Waals surface area contributed by atoms with Crippen LogP contribution in [0.1, 0.15) is 55.1 Å². The summed E-state index contributed by atoms with van der Waals surface area (Å²) in [6.07, 6.45) is -2.39. The summed E-state index contributed by atoms with van der Waals surface area (Å²) in [5, 5.41) is 29.4. The van der Waals surface area contributed by atoms with Gasteiger partial charge in [0.15, 0.2) is 0 Å². The summed E-state index contributed by atoms with van der Waals surface area (Å²) in [4.78, 5) is 22.9. The molecule has 164 valence electrons. The highest BCUT2D eigenvalue weighted by Crippen LogP contribution is 2.31. The number of carbonyl (C=O) groups is 2. The molecule has 9 heteroatoms. The molecule has 1 aromatic carbocycles. The van der Waals surface area contributed by atoms with Gasteiger partial charge in [-0.2, -0.15) is 0 Å². The van der Waals surface area contributed by atoms with Crippen LogP contribution in [0, 0.1) is 5.82 Å². The van der Waals surface area contributed by atoms with Crippen molar-refractivity contribution in [3.05, 3.63) is 41.3 Å². The van der Waals surface area contributed by atoms with Crippen molar-refractivity contribution in [3.63, 3.8) is 0 Å². The van der Waals surface area contributed by atoms with Gasteiger partial charge in [0.1, 0.15) is 5.82 Å². The maximum atomic E-state index is 13.4. The number of hydrogen-bond acceptors (Lipinski definition) is 4. The van der Waals surface area contributed by atoms with E-state index in [9.17, 15) is 24.2 Å². The molecular weight excluding hydrogens is 410 g/mol. The van der Waals surface area contributed by atoms with Crippen LogP contribution >= 0.6 is 9.24 Å². The number of rotatable bonds is 10. The van der Waals surface area contributed by atoms with Crippen molar-refractivity contribution < 1.29 is 29.3 Å². The molecule has 3 atom stereocenters. The molecule has 0 radical (unpaired) electrons. The number of nitrogens with two attached hydrogens (primary N) is 1. The van der Waals surface area contributed by atoms with Crippen molar-refractivity contribution >= 4 is 26.4 Å². The molecule has 7 nitrogen and oxygen atoms in total. The SMILES string of the molecule is CC(C)c1c(C(N)=O)c(P)c(-c2ccc(F)cc2)n1CC[C@@H](O)C[C@@H](O)CC(=O)O.